The molecule has 1 aliphatic rings. The van der Waals surface area contributed by atoms with E-state index in [4.69, 9.17) is 5.73 Å². The number of nitrogens with two attached hydrogens (primary N) is 1. The van der Waals surface area contributed by atoms with Crippen LogP contribution in [-0.2, 0) is 10.3 Å². The van der Waals surface area contributed by atoms with Crippen molar-refractivity contribution in [1.29, 1.82) is 0 Å². The zero-order chi connectivity index (χ0) is 16.7. The van der Waals surface area contributed by atoms with E-state index in [0.29, 0.717) is 0 Å². The second-order valence-electron chi connectivity index (χ2n) is 5.97. The summed E-state index contributed by atoms with van der Waals surface area (Å²) in [6, 6.07) is 23.7. The summed E-state index contributed by atoms with van der Waals surface area (Å²) in [5.74, 6) is 0.0958. The van der Waals surface area contributed by atoms with E-state index < -0.39 is 5.54 Å². The number of fused-ring (bicyclic) bond motifs is 1. The summed E-state index contributed by atoms with van der Waals surface area (Å²) in [5.41, 5.74) is 6.51. The Hall–Kier alpha value is -3.14. The van der Waals surface area contributed by atoms with Crippen molar-refractivity contribution in [3.8, 4) is 0 Å². The van der Waals surface area contributed by atoms with Crippen LogP contribution in [0.1, 0.15) is 11.1 Å². The number of benzene rings is 3. The summed E-state index contributed by atoms with van der Waals surface area (Å²) >= 11 is 0. The van der Waals surface area contributed by atoms with Crippen LogP contribution >= 0.6 is 0 Å². The monoisotopic (exact) mass is 315 g/mol. The first-order valence-electron chi connectivity index (χ1n) is 7.81. The lowest BCUT2D eigenvalue weighted by atomic mass is 9.82. The number of likely N-dealkylation sites (N-methyl/N-ethyl adjacent to an activating group) is 1. The lowest BCUT2D eigenvalue weighted by Crippen LogP contribution is -2.41. The third kappa shape index (κ3) is 1.93. The van der Waals surface area contributed by atoms with Crippen LogP contribution in [-0.4, -0.2) is 23.8 Å². The quantitative estimate of drug-likeness (QED) is 0.790. The van der Waals surface area contributed by atoms with Gasteiger partial charge >= 0.3 is 0 Å². The summed E-state index contributed by atoms with van der Waals surface area (Å²) in [7, 11) is 1.66. The van der Waals surface area contributed by atoms with Gasteiger partial charge in [0.2, 0.25) is 0 Å². The van der Waals surface area contributed by atoms with Gasteiger partial charge in [-0.05, 0) is 28.0 Å². The standard InChI is InChI=1S/C20H17N3O/c1-23-18(24)20(22-19(23)21,16-9-3-2-4-10-16)17-12-11-14-7-5-6-8-15(14)13-17/h2-13H,1H3,(H2,21,22). The first-order valence-corrected chi connectivity index (χ1v) is 7.81. The number of guanidine groups is 1. The van der Waals surface area contributed by atoms with E-state index in [0.717, 1.165) is 21.9 Å². The summed E-state index contributed by atoms with van der Waals surface area (Å²) in [4.78, 5) is 19.1. The van der Waals surface area contributed by atoms with Crippen LogP contribution in [0.4, 0.5) is 0 Å². The van der Waals surface area contributed by atoms with Gasteiger partial charge in [-0.3, -0.25) is 9.69 Å². The molecule has 1 amide bonds. The van der Waals surface area contributed by atoms with Gasteiger partial charge in [-0.15, -0.1) is 0 Å². The summed E-state index contributed by atoms with van der Waals surface area (Å²) in [6.45, 7) is 0. The average Bonchev–Trinajstić information content (AvgIpc) is 2.87. The van der Waals surface area contributed by atoms with E-state index >= 15 is 0 Å². The number of nitrogens with zero attached hydrogens (tertiary/aromatic N) is 2. The zero-order valence-corrected chi connectivity index (χ0v) is 13.3. The minimum Gasteiger partial charge on any atom is -0.369 e. The molecular weight excluding hydrogens is 298 g/mol. The Morgan fingerprint density at radius 1 is 0.875 bits per heavy atom. The van der Waals surface area contributed by atoms with Crippen LogP contribution in [0, 0.1) is 0 Å². The maximum atomic E-state index is 13.1. The molecule has 3 aromatic carbocycles. The van der Waals surface area contributed by atoms with Crippen LogP contribution in [0.25, 0.3) is 10.8 Å². The number of rotatable bonds is 2. The molecule has 24 heavy (non-hydrogen) atoms. The van der Waals surface area contributed by atoms with Gasteiger partial charge in [0, 0.05) is 7.05 Å². The van der Waals surface area contributed by atoms with E-state index in [9.17, 15) is 4.79 Å². The molecule has 0 spiro atoms. The Bertz CT molecular complexity index is 965. The van der Waals surface area contributed by atoms with Crippen molar-refractivity contribution in [2.75, 3.05) is 7.05 Å². The van der Waals surface area contributed by atoms with Crippen molar-refractivity contribution in [1.82, 2.24) is 4.90 Å². The largest absolute Gasteiger partial charge is 0.369 e. The SMILES string of the molecule is CN1C(=O)C(c2ccccc2)(c2ccc3ccccc3c2)N=C1N. The highest BCUT2D eigenvalue weighted by Gasteiger charge is 2.49. The van der Waals surface area contributed by atoms with Crippen molar-refractivity contribution in [3.05, 3.63) is 83.9 Å². The van der Waals surface area contributed by atoms with E-state index in [2.05, 4.69) is 11.1 Å². The van der Waals surface area contributed by atoms with Crippen molar-refractivity contribution in [3.63, 3.8) is 0 Å². The summed E-state index contributed by atoms with van der Waals surface area (Å²) in [6.07, 6.45) is 0. The molecule has 0 aliphatic carbocycles. The smallest absolute Gasteiger partial charge is 0.266 e. The Morgan fingerprint density at radius 2 is 1.54 bits per heavy atom. The first-order chi connectivity index (χ1) is 11.6. The number of aliphatic imine (C=N–C) groups is 1. The maximum Gasteiger partial charge on any atom is 0.266 e. The van der Waals surface area contributed by atoms with Crippen molar-refractivity contribution in [2.24, 2.45) is 10.7 Å². The minimum absolute atomic E-state index is 0.138. The lowest BCUT2D eigenvalue weighted by molar-refractivity contribution is -0.129. The van der Waals surface area contributed by atoms with E-state index in [1.54, 1.807) is 7.05 Å². The highest BCUT2D eigenvalue weighted by molar-refractivity contribution is 6.09. The molecule has 4 heteroatoms. The number of hydrogen-bond acceptors (Lipinski definition) is 3. The molecule has 118 valence electrons. The molecule has 0 saturated carbocycles. The van der Waals surface area contributed by atoms with Gasteiger partial charge in [-0.2, -0.15) is 0 Å². The fraction of sp³-hybridized carbons (Fsp3) is 0.100. The first kappa shape index (κ1) is 14.5. The van der Waals surface area contributed by atoms with Gasteiger partial charge in [0.25, 0.3) is 5.91 Å². The van der Waals surface area contributed by atoms with Crippen LogP contribution in [0.5, 0.6) is 0 Å². The second kappa shape index (κ2) is 5.20. The molecule has 4 nitrogen and oxygen atoms in total. The van der Waals surface area contributed by atoms with E-state index in [1.165, 1.54) is 4.90 Å². The molecule has 1 aliphatic heterocycles. The number of hydrogen-bond donors (Lipinski definition) is 1. The molecular formula is C20H17N3O. The molecule has 0 aromatic heterocycles. The summed E-state index contributed by atoms with van der Waals surface area (Å²) in [5, 5.41) is 2.20. The Kier molecular flexibility index (Phi) is 3.13. The molecule has 4 rings (SSSR count). The van der Waals surface area contributed by atoms with Gasteiger partial charge in [0.15, 0.2) is 11.5 Å². The Balaban J connectivity index is 2.01. The molecule has 3 aromatic rings. The molecule has 0 saturated heterocycles. The molecule has 0 radical (unpaired) electrons. The predicted octanol–water partition coefficient (Wildman–Crippen LogP) is 2.87. The third-order valence-corrected chi connectivity index (χ3v) is 4.60. The molecule has 1 atom stereocenters. The summed E-state index contributed by atoms with van der Waals surface area (Å²) < 4.78 is 0. The number of amides is 1. The minimum atomic E-state index is -1.12. The van der Waals surface area contributed by atoms with Gasteiger partial charge in [-0.25, -0.2) is 4.99 Å². The molecule has 0 fully saturated rings. The van der Waals surface area contributed by atoms with Crippen molar-refractivity contribution in [2.45, 2.75) is 5.54 Å². The topological polar surface area (TPSA) is 58.7 Å². The van der Waals surface area contributed by atoms with Gasteiger partial charge in [0.1, 0.15) is 0 Å². The van der Waals surface area contributed by atoms with Gasteiger partial charge in [0.05, 0.1) is 0 Å². The van der Waals surface area contributed by atoms with Crippen molar-refractivity contribution < 1.29 is 4.79 Å². The molecule has 2 N–H and O–H groups in total. The Labute approximate surface area is 140 Å². The van der Waals surface area contributed by atoms with Crippen LogP contribution < -0.4 is 5.73 Å². The van der Waals surface area contributed by atoms with Gasteiger partial charge in [-0.1, -0.05) is 66.7 Å². The van der Waals surface area contributed by atoms with Crippen LogP contribution in [0.2, 0.25) is 0 Å². The number of carbonyl (C=O) groups is 1. The van der Waals surface area contributed by atoms with E-state index in [1.807, 2.05) is 66.7 Å². The maximum absolute atomic E-state index is 13.1. The van der Waals surface area contributed by atoms with Gasteiger partial charge < -0.3 is 5.73 Å². The molecule has 1 heterocycles. The van der Waals surface area contributed by atoms with Crippen molar-refractivity contribution >= 4 is 22.6 Å². The van der Waals surface area contributed by atoms with Crippen LogP contribution in [0.15, 0.2) is 77.8 Å². The fourth-order valence-electron chi connectivity index (χ4n) is 3.28. The fourth-order valence-corrected chi connectivity index (χ4v) is 3.28. The Morgan fingerprint density at radius 3 is 2.21 bits per heavy atom. The normalized spacial score (nSPS) is 20.5. The van der Waals surface area contributed by atoms with E-state index in [-0.39, 0.29) is 11.9 Å². The van der Waals surface area contributed by atoms with Crippen LogP contribution in [0.3, 0.4) is 0 Å². The number of carbonyl (C=O) groups excluding carboxylic acids is 1. The molecule has 1 unspecified atom stereocenters. The zero-order valence-electron chi connectivity index (χ0n) is 13.3. The molecule has 0 bridgehead atoms. The predicted molar refractivity (Wildman–Crippen MR) is 95.6 cm³/mol. The lowest BCUT2D eigenvalue weighted by Gasteiger charge is -2.26. The highest BCUT2D eigenvalue weighted by Crippen LogP contribution is 2.40. The third-order valence-electron chi connectivity index (χ3n) is 4.60. The second-order valence-corrected chi connectivity index (χ2v) is 5.97. The average molecular weight is 315 g/mol. The highest BCUT2D eigenvalue weighted by atomic mass is 16.2.